The zero-order valence-electron chi connectivity index (χ0n) is 11.1. The van der Waals surface area contributed by atoms with Crippen LogP contribution < -0.4 is 10.6 Å². The topological polar surface area (TPSA) is 32.5 Å². The van der Waals surface area contributed by atoms with Crippen LogP contribution in [-0.4, -0.2) is 38.1 Å². The van der Waals surface area contributed by atoms with Gasteiger partial charge in [-0.3, -0.25) is 4.90 Å². The highest BCUT2D eigenvalue weighted by Gasteiger charge is 2.31. The number of likely N-dealkylation sites (tertiary alicyclic amines) is 1. The Morgan fingerprint density at radius 1 is 1.29 bits per heavy atom. The number of hydrogen-bond acceptors (Lipinski definition) is 3. The van der Waals surface area contributed by atoms with Crippen molar-refractivity contribution >= 4 is 5.69 Å². The molecule has 1 heterocycles. The Hall–Kier alpha value is -1.06. The quantitative estimate of drug-likeness (QED) is 0.864. The van der Waals surface area contributed by atoms with E-state index in [4.69, 9.17) is 5.73 Å². The zero-order chi connectivity index (χ0) is 12.4. The molecule has 17 heavy (non-hydrogen) atoms. The lowest BCUT2D eigenvalue weighted by molar-refractivity contribution is 0.261. The number of benzene rings is 1. The SMILES string of the molecule is CCN1CCC(N)C1c1ccc(N(C)C)cc1. The molecule has 3 heteroatoms. The minimum atomic E-state index is 0.278. The minimum absolute atomic E-state index is 0.278. The molecule has 1 aliphatic rings. The fraction of sp³-hybridized carbons (Fsp3) is 0.571. The molecule has 1 aliphatic heterocycles. The maximum atomic E-state index is 6.22. The second kappa shape index (κ2) is 5.07. The highest BCUT2D eigenvalue weighted by Crippen LogP contribution is 2.31. The maximum absolute atomic E-state index is 6.22. The van der Waals surface area contributed by atoms with Gasteiger partial charge in [-0.15, -0.1) is 0 Å². The van der Waals surface area contributed by atoms with Crippen LogP contribution in [-0.2, 0) is 0 Å². The summed E-state index contributed by atoms with van der Waals surface area (Å²) in [6.45, 7) is 4.41. The molecule has 0 amide bonds. The number of nitrogens with two attached hydrogens (primary N) is 1. The summed E-state index contributed by atoms with van der Waals surface area (Å²) in [5.74, 6) is 0. The first-order chi connectivity index (χ1) is 8.13. The van der Waals surface area contributed by atoms with E-state index in [1.165, 1.54) is 11.3 Å². The number of nitrogens with zero attached hydrogens (tertiary/aromatic N) is 2. The van der Waals surface area contributed by atoms with Gasteiger partial charge in [0.05, 0.1) is 0 Å². The van der Waals surface area contributed by atoms with Crippen molar-refractivity contribution in [3.05, 3.63) is 29.8 Å². The summed E-state index contributed by atoms with van der Waals surface area (Å²) in [5, 5.41) is 0. The van der Waals surface area contributed by atoms with E-state index >= 15 is 0 Å². The van der Waals surface area contributed by atoms with Crippen LogP contribution in [0.25, 0.3) is 0 Å². The Kier molecular flexibility index (Phi) is 3.69. The third-order valence-electron chi connectivity index (χ3n) is 3.71. The second-order valence-corrected chi connectivity index (χ2v) is 5.01. The van der Waals surface area contributed by atoms with E-state index in [0.29, 0.717) is 6.04 Å². The first kappa shape index (κ1) is 12.4. The van der Waals surface area contributed by atoms with E-state index in [1.54, 1.807) is 0 Å². The third kappa shape index (κ3) is 2.45. The van der Waals surface area contributed by atoms with Gasteiger partial charge in [0.1, 0.15) is 0 Å². The van der Waals surface area contributed by atoms with Crippen molar-refractivity contribution in [3.8, 4) is 0 Å². The molecule has 1 aromatic carbocycles. The van der Waals surface area contributed by atoms with Crippen LogP contribution in [0.1, 0.15) is 24.9 Å². The maximum Gasteiger partial charge on any atom is 0.0499 e. The molecule has 1 saturated heterocycles. The van der Waals surface area contributed by atoms with Gasteiger partial charge in [0.25, 0.3) is 0 Å². The van der Waals surface area contributed by atoms with Gasteiger partial charge in [-0.2, -0.15) is 0 Å². The number of likely N-dealkylation sites (N-methyl/N-ethyl adjacent to an activating group) is 1. The van der Waals surface area contributed by atoms with E-state index in [-0.39, 0.29) is 6.04 Å². The normalized spacial score (nSPS) is 25.2. The van der Waals surface area contributed by atoms with E-state index in [1.807, 2.05) is 0 Å². The Balaban J connectivity index is 2.21. The van der Waals surface area contributed by atoms with Crippen LogP contribution in [0.5, 0.6) is 0 Å². The first-order valence-electron chi connectivity index (χ1n) is 6.40. The molecule has 0 spiro atoms. The summed E-state index contributed by atoms with van der Waals surface area (Å²) in [5.41, 5.74) is 8.81. The molecule has 2 rings (SSSR count). The predicted octanol–water partition coefficient (Wildman–Crippen LogP) is 1.85. The van der Waals surface area contributed by atoms with Crippen LogP contribution in [0.4, 0.5) is 5.69 Å². The summed E-state index contributed by atoms with van der Waals surface area (Å²) in [6.07, 6.45) is 1.11. The van der Waals surface area contributed by atoms with Crippen molar-refractivity contribution in [2.75, 3.05) is 32.1 Å². The lowest BCUT2D eigenvalue weighted by Gasteiger charge is -2.26. The van der Waals surface area contributed by atoms with Crippen molar-refractivity contribution in [2.45, 2.75) is 25.4 Å². The molecule has 2 atom stereocenters. The fourth-order valence-electron chi connectivity index (χ4n) is 2.67. The van der Waals surface area contributed by atoms with Gasteiger partial charge in [-0.05, 0) is 30.7 Å². The van der Waals surface area contributed by atoms with Crippen LogP contribution >= 0.6 is 0 Å². The second-order valence-electron chi connectivity index (χ2n) is 5.01. The number of rotatable bonds is 3. The van der Waals surface area contributed by atoms with E-state index in [0.717, 1.165) is 19.5 Å². The first-order valence-corrected chi connectivity index (χ1v) is 6.40. The fourth-order valence-corrected chi connectivity index (χ4v) is 2.67. The Morgan fingerprint density at radius 3 is 2.47 bits per heavy atom. The Bertz CT molecular complexity index is 358. The van der Waals surface area contributed by atoms with Crippen molar-refractivity contribution in [1.82, 2.24) is 4.90 Å². The molecule has 0 bridgehead atoms. The van der Waals surface area contributed by atoms with E-state index < -0.39 is 0 Å². The van der Waals surface area contributed by atoms with Gasteiger partial charge >= 0.3 is 0 Å². The summed E-state index contributed by atoms with van der Waals surface area (Å²) >= 11 is 0. The Morgan fingerprint density at radius 2 is 1.94 bits per heavy atom. The Labute approximate surface area is 104 Å². The number of hydrogen-bond donors (Lipinski definition) is 1. The molecule has 94 valence electrons. The summed E-state index contributed by atoms with van der Waals surface area (Å²) in [6, 6.07) is 9.46. The largest absolute Gasteiger partial charge is 0.378 e. The number of anilines is 1. The van der Waals surface area contributed by atoms with E-state index in [2.05, 4.69) is 55.1 Å². The van der Waals surface area contributed by atoms with Crippen LogP contribution in [0.15, 0.2) is 24.3 Å². The van der Waals surface area contributed by atoms with Gasteiger partial charge < -0.3 is 10.6 Å². The van der Waals surface area contributed by atoms with Gasteiger partial charge in [0.2, 0.25) is 0 Å². The highest BCUT2D eigenvalue weighted by molar-refractivity contribution is 5.46. The summed E-state index contributed by atoms with van der Waals surface area (Å²) in [4.78, 5) is 4.59. The molecule has 2 N–H and O–H groups in total. The predicted molar refractivity (Wildman–Crippen MR) is 73.3 cm³/mol. The molecule has 3 nitrogen and oxygen atoms in total. The lowest BCUT2D eigenvalue weighted by atomic mass is 10.0. The van der Waals surface area contributed by atoms with Gasteiger partial charge in [0.15, 0.2) is 0 Å². The van der Waals surface area contributed by atoms with Gasteiger partial charge in [-0.25, -0.2) is 0 Å². The molecule has 1 fully saturated rings. The molecular formula is C14H23N3. The minimum Gasteiger partial charge on any atom is -0.378 e. The van der Waals surface area contributed by atoms with Gasteiger partial charge in [0, 0.05) is 38.4 Å². The average Bonchev–Trinajstić information content (AvgIpc) is 2.70. The molecule has 0 radical (unpaired) electrons. The van der Waals surface area contributed by atoms with Crippen LogP contribution in [0.2, 0.25) is 0 Å². The van der Waals surface area contributed by atoms with Gasteiger partial charge in [-0.1, -0.05) is 19.1 Å². The van der Waals surface area contributed by atoms with Crippen molar-refractivity contribution < 1.29 is 0 Å². The molecule has 0 aromatic heterocycles. The third-order valence-corrected chi connectivity index (χ3v) is 3.71. The lowest BCUT2D eigenvalue weighted by Crippen LogP contribution is -2.31. The molecule has 1 aromatic rings. The zero-order valence-corrected chi connectivity index (χ0v) is 11.1. The van der Waals surface area contributed by atoms with E-state index in [9.17, 15) is 0 Å². The summed E-state index contributed by atoms with van der Waals surface area (Å²) < 4.78 is 0. The standard InChI is InChI=1S/C14H23N3/c1-4-17-10-9-13(15)14(17)11-5-7-12(8-6-11)16(2)3/h5-8,13-14H,4,9-10,15H2,1-3H3. The molecular weight excluding hydrogens is 210 g/mol. The van der Waals surface area contributed by atoms with Crippen LogP contribution in [0, 0.1) is 0 Å². The summed E-state index contributed by atoms with van der Waals surface area (Å²) in [7, 11) is 4.13. The van der Waals surface area contributed by atoms with Crippen molar-refractivity contribution in [3.63, 3.8) is 0 Å². The van der Waals surface area contributed by atoms with Crippen molar-refractivity contribution in [2.24, 2.45) is 5.73 Å². The average molecular weight is 233 g/mol. The molecule has 2 unspecified atom stereocenters. The van der Waals surface area contributed by atoms with Crippen LogP contribution in [0.3, 0.4) is 0 Å². The highest BCUT2D eigenvalue weighted by atomic mass is 15.2. The monoisotopic (exact) mass is 233 g/mol. The molecule has 0 saturated carbocycles. The molecule has 0 aliphatic carbocycles. The smallest absolute Gasteiger partial charge is 0.0499 e. The van der Waals surface area contributed by atoms with Crippen molar-refractivity contribution in [1.29, 1.82) is 0 Å².